The van der Waals surface area contributed by atoms with Crippen molar-refractivity contribution in [3.05, 3.63) is 74.3 Å². The number of carbonyl (C=O) groups excluding carboxylic acids is 1. The predicted molar refractivity (Wildman–Crippen MR) is 114 cm³/mol. The number of halogens is 2. The molecule has 1 heterocycles. The van der Waals surface area contributed by atoms with Gasteiger partial charge in [0.05, 0.1) is 41.8 Å². The summed E-state index contributed by atoms with van der Waals surface area (Å²) in [6, 6.07) is 7.23. The molecule has 164 valence electrons. The van der Waals surface area contributed by atoms with Gasteiger partial charge in [-0.05, 0) is 29.2 Å². The molecule has 0 fully saturated rings. The number of aliphatic hydroxyl groups is 1. The van der Waals surface area contributed by atoms with Crippen molar-refractivity contribution < 1.29 is 24.1 Å². The number of methoxy groups -OCH3 is 1. The second kappa shape index (κ2) is 9.08. The smallest absolute Gasteiger partial charge is 0.198 e. The minimum Gasteiger partial charge on any atom is -0.545 e. The molecule has 6 nitrogen and oxygen atoms in total. The maximum absolute atomic E-state index is 14.4. The Hall–Kier alpha value is -2.90. The Morgan fingerprint density at radius 2 is 2.00 bits per heavy atom. The number of aromatic nitrogens is 1. The molecule has 1 atom stereocenters. The first-order chi connectivity index (χ1) is 14.7. The number of carboxylic acids is 1. The van der Waals surface area contributed by atoms with Crippen LogP contribution >= 0.6 is 11.6 Å². The first kappa shape index (κ1) is 22.8. The number of fused-ring (bicyclic) bond motifs is 1. The minimum absolute atomic E-state index is 0.0263. The zero-order chi connectivity index (χ0) is 22.9. The van der Waals surface area contributed by atoms with Gasteiger partial charge in [0.15, 0.2) is 5.43 Å². The summed E-state index contributed by atoms with van der Waals surface area (Å²) in [6.07, 6.45) is 1.27. The molecule has 0 bridgehead atoms. The molecule has 1 aromatic heterocycles. The van der Waals surface area contributed by atoms with Crippen molar-refractivity contribution in [3.63, 3.8) is 0 Å². The van der Waals surface area contributed by atoms with E-state index >= 15 is 0 Å². The fourth-order valence-electron chi connectivity index (χ4n) is 3.68. The third-order valence-electron chi connectivity index (χ3n) is 5.38. The maximum atomic E-state index is 14.4. The van der Waals surface area contributed by atoms with Crippen LogP contribution in [-0.4, -0.2) is 29.4 Å². The summed E-state index contributed by atoms with van der Waals surface area (Å²) in [7, 11) is 1.45. The van der Waals surface area contributed by atoms with Crippen molar-refractivity contribution in [2.75, 3.05) is 13.7 Å². The SMILES string of the molecule is COc1cc2c(cc1Cc1cccc(Cl)c1F)c(=O)c(C(=O)[O-])cn2C(CO)C(C)C. The number of hydrogen-bond acceptors (Lipinski definition) is 5. The summed E-state index contributed by atoms with van der Waals surface area (Å²) >= 11 is 5.88. The number of benzene rings is 2. The number of aliphatic hydroxyl groups excluding tert-OH is 1. The molecule has 3 aromatic rings. The van der Waals surface area contributed by atoms with Crippen LogP contribution in [0.4, 0.5) is 4.39 Å². The van der Waals surface area contributed by atoms with Gasteiger partial charge in [0.2, 0.25) is 0 Å². The van der Waals surface area contributed by atoms with Crippen molar-refractivity contribution >= 4 is 28.5 Å². The second-order valence-corrected chi connectivity index (χ2v) is 8.04. The highest BCUT2D eigenvalue weighted by molar-refractivity contribution is 6.30. The van der Waals surface area contributed by atoms with E-state index in [1.54, 1.807) is 22.8 Å². The van der Waals surface area contributed by atoms with Crippen LogP contribution in [0, 0.1) is 11.7 Å². The van der Waals surface area contributed by atoms with Gasteiger partial charge in [-0.3, -0.25) is 4.79 Å². The molecule has 1 N–H and O–H groups in total. The molecular formula is C23H22ClFNO5-. The van der Waals surface area contributed by atoms with Gasteiger partial charge in [0, 0.05) is 24.1 Å². The van der Waals surface area contributed by atoms with Crippen LogP contribution in [0.25, 0.3) is 10.9 Å². The van der Waals surface area contributed by atoms with Crippen LogP contribution in [0.3, 0.4) is 0 Å². The van der Waals surface area contributed by atoms with Crippen LogP contribution in [-0.2, 0) is 6.42 Å². The second-order valence-electron chi connectivity index (χ2n) is 7.63. The van der Waals surface area contributed by atoms with Gasteiger partial charge in [0.25, 0.3) is 0 Å². The zero-order valence-corrected chi connectivity index (χ0v) is 18.1. The van der Waals surface area contributed by atoms with Crippen molar-refractivity contribution in [2.24, 2.45) is 5.92 Å². The summed E-state index contributed by atoms with van der Waals surface area (Å²) < 4.78 is 21.5. The van der Waals surface area contributed by atoms with Crippen LogP contribution in [0.15, 0.2) is 41.3 Å². The third kappa shape index (κ3) is 4.29. The lowest BCUT2D eigenvalue weighted by Gasteiger charge is -2.26. The van der Waals surface area contributed by atoms with Gasteiger partial charge in [-0.15, -0.1) is 0 Å². The Bertz CT molecular complexity index is 1200. The fourth-order valence-corrected chi connectivity index (χ4v) is 3.87. The molecule has 0 radical (unpaired) electrons. The van der Waals surface area contributed by atoms with E-state index in [9.17, 15) is 24.2 Å². The molecule has 0 aliphatic rings. The van der Waals surface area contributed by atoms with Gasteiger partial charge in [-0.1, -0.05) is 37.6 Å². The molecule has 1 unspecified atom stereocenters. The van der Waals surface area contributed by atoms with E-state index < -0.39 is 28.8 Å². The first-order valence-corrected chi connectivity index (χ1v) is 10.1. The number of carbonyl (C=O) groups is 1. The number of ether oxygens (including phenoxy) is 1. The average molecular weight is 447 g/mol. The largest absolute Gasteiger partial charge is 0.545 e. The van der Waals surface area contributed by atoms with Gasteiger partial charge < -0.3 is 24.3 Å². The molecule has 0 saturated heterocycles. The fraction of sp³-hybridized carbons (Fsp3) is 0.304. The van der Waals surface area contributed by atoms with Crippen molar-refractivity contribution in [3.8, 4) is 5.75 Å². The quantitative estimate of drug-likeness (QED) is 0.602. The van der Waals surface area contributed by atoms with Gasteiger partial charge in [0.1, 0.15) is 11.6 Å². The monoisotopic (exact) mass is 446 g/mol. The van der Waals surface area contributed by atoms with E-state index in [0.29, 0.717) is 22.4 Å². The minimum atomic E-state index is -1.61. The van der Waals surface area contributed by atoms with Crippen LogP contribution in [0.1, 0.15) is 41.4 Å². The van der Waals surface area contributed by atoms with Crippen LogP contribution in [0.2, 0.25) is 5.02 Å². The molecule has 0 saturated carbocycles. The topological polar surface area (TPSA) is 91.6 Å². The number of nitrogens with zero attached hydrogens (tertiary/aromatic N) is 1. The highest BCUT2D eigenvalue weighted by atomic mass is 35.5. The van der Waals surface area contributed by atoms with E-state index in [0.717, 1.165) is 0 Å². The Morgan fingerprint density at radius 1 is 1.29 bits per heavy atom. The Kier molecular flexibility index (Phi) is 6.67. The predicted octanol–water partition coefficient (Wildman–Crippen LogP) is 2.95. The van der Waals surface area contributed by atoms with Gasteiger partial charge in [-0.2, -0.15) is 0 Å². The number of carboxylic acid groups (broad SMARTS) is 1. The highest BCUT2D eigenvalue weighted by Gasteiger charge is 2.21. The molecule has 2 aromatic carbocycles. The summed E-state index contributed by atoms with van der Waals surface area (Å²) in [4.78, 5) is 24.5. The number of aromatic carboxylic acids is 1. The van der Waals surface area contributed by atoms with Crippen LogP contribution < -0.4 is 15.3 Å². The summed E-state index contributed by atoms with van der Waals surface area (Å²) in [6.45, 7) is 3.48. The number of pyridine rings is 1. The van der Waals surface area contributed by atoms with Crippen molar-refractivity contribution in [2.45, 2.75) is 26.3 Å². The lowest BCUT2D eigenvalue weighted by molar-refractivity contribution is -0.255. The van der Waals surface area contributed by atoms with E-state index in [4.69, 9.17) is 16.3 Å². The summed E-state index contributed by atoms with van der Waals surface area (Å²) in [5.74, 6) is -1.86. The number of rotatable bonds is 7. The first-order valence-electron chi connectivity index (χ1n) is 9.70. The number of hydrogen-bond donors (Lipinski definition) is 1. The summed E-state index contributed by atoms with van der Waals surface area (Å²) in [5.41, 5.74) is -0.0499. The van der Waals surface area contributed by atoms with Gasteiger partial charge in [-0.25, -0.2) is 4.39 Å². The lowest BCUT2D eigenvalue weighted by atomic mass is 9.98. The molecule has 8 heteroatoms. The summed E-state index contributed by atoms with van der Waals surface area (Å²) in [5, 5.41) is 21.6. The molecule has 3 rings (SSSR count). The van der Waals surface area contributed by atoms with Gasteiger partial charge >= 0.3 is 0 Å². The zero-order valence-electron chi connectivity index (χ0n) is 17.3. The standard InChI is InChI=1S/C23H23ClFNO5/c1-12(2)19(11-27)26-10-16(23(29)30)22(28)15-8-14(20(31-3)9-18(15)26)7-13-5-4-6-17(24)21(13)25/h4-6,8-10,12,19,27H,7,11H2,1-3H3,(H,29,30)/p-1. The average Bonchev–Trinajstić information content (AvgIpc) is 2.72. The molecule has 0 spiro atoms. The van der Waals surface area contributed by atoms with Crippen LogP contribution in [0.5, 0.6) is 5.75 Å². The van der Waals surface area contributed by atoms with E-state index in [1.807, 2.05) is 13.8 Å². The Balaban J connectivity index is 2.32. The highest BCUT2D eigenvalue weighted by Crippen LogP contribution is 2.31. The molecular weight excluding hydrogens is 425 g/mol. The van der Waals surface area contributed by atoms with Crippen molar-refractivity contribution in [1.29, 1.82) is 0 Å². The normalized spacial score (nSPS) is 12.4. The van der Waals surface area contributed by atoms with E-state index in [2.05, 4.69) is 0 Å². The van der Waals surface area contributed by atoms with E-state index in [-0.39, 0.29) is 29.4 Å². The molecule has 0 aliphatic carbocycles. The Labute approximate surface area is 183 Å². The molecule has 0 aliphatic heterocycles. The Morgan fingerprint density at radius 3 is 2.58 bits per heavy atom. The molecule has 0 amide bonds. The lowest BCUT2D eigenvalue weighted by Crippen LogP contribution is -2.32. The maximum Gasteiger partial charge on any atom is 0.198 e. The van der Waals surface area contributed by atoms with Crippen molar-refractivity contribution in [1.82, 2.24) is 4.57 Å². The van der Waals surface area contributed by atoms with E-state index in [1.165, 1.54) is 25.4 Å². The molecule has 31 heavy (non-hydrogen) atoms. The third-order valence-corrected chi connectivity index (χ3v) is 5.67.